The van der Waals surface area contributed by atoms with Crippen molar-refractivity contribution in [2.45, 2.75) is 51.5 Å². The molecule has 3 heteroatoms. The van der Waals surface area contributed by atoms with Crippen molar-refractivity contribution in [3.63, 3.8) is 0 Å². The van der Waals surface area contributed by atoms with Crippen LogP contribution < -0.4 is 5.32 Å². The molecule has 18 heavy (non-hydrogen) atoms. The lowest BCUT2D eigenvalue weighted by Gasteiger charge is -2.18. The highest BCUT2D eigenvalue weighted by Gasteiger charge is 2.17. The first kappa shape index (κ1) is 13.7. The summed E-state index contributed by atoms with van der Waals surface area (Å²) >= 11 is 5.87. The number of rotatable bonds is 3. The first-order valence-electron chi connectivity index (χ1n) is 6.90. The molecule has 0 saturated heterocycles. The summed E-state index contributed by atoms with van der Waals surface area (Å²) in [5, 5.41) is 3.88. The van der Waals surface area contributed by atoms with Crippen LogP contribution in [0.25, 0.3) is 0 Å². The molecule has 0 amide bonds. The Morgan fingerprint density at radius 2 is 2.06 bits per heavy atom. The number of anilines is 1. The molecule has 0 aromatic heterocycles. The van der Waals surface area contributed by atoms with Gasteiger partial charge in [0.05, 0.1) is 0 Å². The Hall–Kier alpha value is -0.760. The van der Waals surface area contributed by atoms with Gasteiger partial charge in [-0.1, -0.05) is 37.8 Å². The largest absolute Gasteiger partial charge is 0.382 e. The minimum absolute atomic E-state index is 0.273. The van der Waals surface area contributed by atoms with Crippen molar-refractivity contribution in [3.05, 3.63) is 29.0 Å². The second-order valence-corrected chi connectivity index (χ2v) is 5.72. The van der Waals surface area contributed by atoms with E-state index in [0.717, 1.165) is 11.6 Å². The molecule has 1 aliphatic rings. The smallest absolute Gasteiger partial charge is 0.126 e. The van der Waals surface area contributed by atoms with E-state index in [1.807, 2.05) is 0 Å². The zero-order valence-corrected chi connectivity index (χ0v) is 11.6. The molecule has 0 heterocycles. The maximum atomic E-state index is 13.3. The van der Waals surface area contributed by atoms with Gasteiger partial charge in [0.15, 0.2) is 0 Å². The molecule has 0 bridgehead atoms. The summed E-state index contributed by atoms with van der Waals surface area (Å²) in [6.45, 7) is 2.27. The van der Waals surface area contributed by atoms with E-state index in [0.29, 0.717) is 11.1 Å². The molecule has 1 aromatic carbocycles. The first-order valence-corrected chi connectivity index (χ1v) is 7.28. The van der Waals surface area contributed by atoms with Gasteiger partial charge in [-0.15, -0.1) is 0 Å². The van der Waals surface area contributed by atoms with E-state index >= 15 is 0 Å². The Morgan fingerprint density at radius 3 is 2.78 bits per heavy atom. The fourth-order valence-electron chi connectivity index (χ4n) is 2.80. The summed E-state index contributed by atoms with van der Waals surface area (Å²) < 4.78 is 13.3. The molecule has 1 aromatic rings. The van der Waals surface area contributed by atoms with Crippen molar-refractivity contribution in [3.8, 4) is 0 Å². The summed E-state index contributed by atoms with van der Waals surface area (Å²) in [6.07, 6.45) is 7.49. The third kappa shape index (κ3) is 3.88. The second-order valence-electron chi connectivity index (χ2n) is 5.28. The molecule has 2 atom stereocenters. The van der Waals surface area contributed by atoms with E-state index in [9.17, 15) is 4.39 Å². The van der Waals surface area contributed by atoms with Crippen LogP contribution in [0.15, 0.2) is 18.2 Å². The van der Waals surface area contributed by atoms with Crippen LogP contribution in [-0.4, -0.2) is 6.04 Å². The standard InChI is InChI=1S/C15H21ClFN/c1-2-11-4-3-5-14(7-6-11)18-15-9-12(16)8-13(17)10-15/h8-11,14,18H,2-7H2,1H3. The van der Waals surface area contributed by atoms with Crippen LogP contribution in [0.3, 0.4) is 0 Å². The zero-order chi connectivity index (χ0) is 13.0. The molecule has 100 valence electrons. The Labute approximate surface area is 114 Å². The molecule has 1 nitrogen and oxygen atoms in total. The summed E-state index contributed by atoms with van der Waals surface area (Å²) in [6, 6.07) is 5.12. The lowest BCUT2D eigenvalue weighted by Crippen LogP contribution is -2.18. The van der Waals surface area contributed by atoms with Crippen LogP contribution in [0.4, 0.5) is 10.1 Å². The highest BCUT2D eigenvalue weighted by Crippen LogP contribution is 2.28. The monoisotopic (exact) mass is 269 g/mol. The maximum absolute atomic E-state index is 13.3. The fraction of sp³-hybridized carbons (Fsp3) is 0.600. The van der Waals surface area contributed by atoms with E-state index in [2.05, 4.69) is 12.2 Å². The Morgan fingerprint density at radius 1 is 1.22 bits per heavy atom. The van der Waals surface area contributed by atoms with Gasteiger partial charge in [0.25, 0.3) is 0 Å². The Bertz CT molecular complexity index is 374. The van der Waals surface area contributed by atoms with Gasteiger partial charge in [-0.2, -0.15) is 0 Å². The van der Waals surface area contributed by atoms with Crippen molar-refractivity contribution in [2.24, 2.45) is 5.92 Å². The van der Waals surface area contributed by atoms with Crippen LogP contribution in [0.1, 0.15) is 45.4 Å². The van der Waals surface area contributed by atoms with Gasteiger partial charge in [-0.25, -0.2) is 4.39 Å². The normalized spacial score (nSPS) is 24.6. The summed E-state index contributed by atoms with van der Waals surface area (Å²) in [5.41, 5.74) is 0.806. The molecule has 2 unspecified atom stereocenters. The highest BCUT2D eigenvalue weighted by atomic mass is 35.5. The number of nitrogens with one attached hydrogen (secondary N) is 1. The number of benzene rings is 1. The lowest BCUT2D eigenvalue weighted by atomic mass is 9.98. The van der Waals surface area contributed by atoms with Gasteiger partial charge in [-0.3, -0.25) is 0 Å². The van der Waals surface area contributed by atoms with E-state index in [4.69, 9.17) is 11.6 Å². The highest BCUT2D eigenvalue weighted by molar-refractivity contribution is 6.30. The van der Waals surface area contributed by atoms with E-state index < -0.39 is 0 Å². The van der Waals surface area contributed by atoms with Crippen LogP contribution >= 0.6 is 11.6 Å². The first-order chi connectivity index (χ1) is 8.67. The minimum atomic E-state index is -0.273. The zero-order valence-electron chi connectivity index (χ0n) is 10.9. The molecule has 0 aliphatic heterocycles. The third-order valence-corrected chi connectivity index (χ3v) is 4.12. The van der Waals surface area contributed by atoms with Gasteiger partial charge in [-0.05, 0) is 43.4 Å². The summed E-state index contributed by atoms with van der Waals surface area (Å²) in [7, 11) is 0. The molecule has 1 fully saturated rings. The number of hydrogen-bond acceptors (Lipinski definition) is 1. The van der Waals surface area contributed by atoms with Crippen molar-refractivity contribution in [1.82, 2.24) is 0 Å². The predicted octanol–water partition coefficient (Wildman–Crippen LogP) is 5.25. The molecule has 2 rings (SSSR count). The molecule has 1 saturated carbocycles. The average Bonchev–Trinajstić information content (AvgIpc) is 2.53. The topological polar surface area (TPSA) is 12.0 Å². The van der Waals surface area contributed by atoms with Crippen LogP contribution in [0.5, 0.6) is 0 Å². The molecular weight excluding hydrogens is 249 g/mol. The molecule has 1 aliphatic carbocycles. The van der Waals surface area contributed by atoms with Crippen molar-refractivity contribution >= 4 is 17.3 Å². The van der Waals surface area contributed by atoms with Crippen molar-refractivity contribution < 1.29 is 4.39 Å². The van der Waals surface area contributed by atoms with Gasteiger partial charge in [0.2, 0.25) is 0 Å². The fourth-order valence-corrected chi connectivity index (χ4v) is 3.03. The Balaban J connectivity index is 1.96. The van der Waals surface area contributed by atoms with Gasteiger partial charge in [0, 0.05) is 16.8 Å². The van der Waals surface area contributed by atoms with Gasteiger partial charge >= 0.3 is 0 Å². The Kier molecular flexibility index (Phi) is 4.87. The third-order valence-electron chi connectivity index (χ3n) is 3.90. The van der Waals surface area contributed by atoms with Crippen LogP contribution in [0.2, 0.25) is 5.02 Å². The second kappa shape index (κ2) is 6.42. The summed E-state index contributed by atoms with van der Waals surface area (Å²) in [5.74, 6) is 0.595. The quantitative estimate of drug-likeness (QED) is 0.739. The van der Waals surface area contributed by atoms with E-state index in [1.165, 1.54) is 50.7 Å². The molecule has 0 spiro atoms. The SMILES string of the molecule is CCC1CCCC(Nc2cc(F)cc(Cl)c2)CC1. The van der Waals surface area contributed by atoms with Gasteiger partial charge < -0.3 is 5.32 Å². The predicted molar refractivity (Wildman–Crippen MR) is 75.7 cm³/mol. The van der Waals surface area contributed by atoms with Crippen molar-refractivity contribution in [1.29, 1.82) is 0 Å². The minimum Gasteiger partial charge on any atom is -0.382 e. The maximum Gasteiger partial charge on any atom is 0.126 e. The van der Waals surface area contributed by atoms with E-state index in [-0.39, 0.29) is 5.82 Å². The molecule has 0 radical (unpaired) electrons. The number of hydrogen-bond donors (Lipinski definition) is 1. The number of halogens is 2. The van der Waals surface area contributed by atoms with Crippen molar-refractivity contribution in [2.75, 3.05) is 5.32 Å². The molecule has 1 N–H and O–H groups in total. The molecular formula is C15H21ClFN. The summed E-state index contributed by atoms with van der Waals surface area (Å²) in [4.78, 5) is 0. The van der Waals surface area contributed by atoms with Crippen LogP contribution in [0, 0.1) is 11.7 Å². The van der Waals surface area contributed by atoms with Gasteiger partial charge in [0.1, 0.15) is 5.82 Å². The van der Waals surface area contributed by atoms with E-state index in [1.54, 1.807) is 6.07 Å². The van der Waals surface area contributed by atoms with Crippen LogP contribution in [-0.2, 0) is 0 Å². The lowest BCUT2D eigenvalue weighted by molar-refractivity contribution is 0.444. The average molecular weight is 270 g/mol.